The zero-order valence-electron chi connectivity index (χ0n) is 12.3. The van der Waals surface area contributed by atoms with Crippen LogP contribution in [0.15, 0.2) is 30.3 Å². The van der Waals surface area contributed by atoms with Crippen molar-refractivity contribution in [1.29, 1.82) is 0 Å². The zero-order valence-corrected chi connectivity index (χ0v) is 13.1. The molecule has 1 atom stereocenters. The van der Waals surface area contributed by atoms with Crippen molar-refractivity contribution in [3.8, 4) is 0 Å². The molecule has 1 unspecified atom stereocenters. The second-order valence-corrected chi connectivity index (χ2v) is 7.27. The predicted octanol–water partition coefficient (Wildman–Crippen LogP) is 3.69. The van der Waals surface area contributed by atoms with Crippen LogP contribution in [0.1, 0.15) is 54.9 Å². The van der Waals surface area contributed by atoms with Crippen molar-refractivity contribution >= 4 is 11.3 Å². The fourth-order valence-electron chi connectivity index (χ4n) is 2.82. The number of nitrogens with two attached hydrogens (primary N) is 1. The van der Waals surface area contributed by atoms with Crippen LogP contribution in [0.3, 0.4) is 0 Å². The van der Waals surface area contributed by atoms with E-state index in [1.54, 1.807) is 11.3 Å². The first kappa shape index (κ1) is 13.7. The molecular weight excluding hydrogens is 268 g/mol. The van der Waals surface area contributed by atoms with E-state index in [1.807, 2.05) is 30.3 Å². The van der Waals surface area contributed by atoms with Gasteiger partial charge in [0.15, 0.2) is 0 Å². The number of benzene rings is 1. The molecule has 1 aliphatic heterocycles. The van der Waals surface area contributed by atoms with Gasteiger partial charge in [-0.05, 0) is 33.3 Å². The quantitative estimate of drug-likeness (QED) is 0.916. The molecule has 0 aliphatic carbocycles. The lowest BCUT2D eigenvalue weighted by molar-refractivity contribution is -0.105. The largest absolute Gasteiger partial charge is 0.358 e. The Bertz CT molecular complexity index is 600. The number of rotatable bonds is 2. The third-order valence-corrected chi connectivity index (χ3v) is 5.14. The summed E-state index contributed by atoms with van der Waals surface area (Å²) in [5.74, 6) is 0. The highest BCUT2D eigenvalue weighted by Crippen LogP contribution is 2.49. The Labute approximate surface area is 123 Å². The van der Waals surface area contributed by atoms with Gasteiger partial charge in [-0.2, -0.15) is 0 Å². The Morgan fingerprint density at radius 1 is 1.10 bits per heavy atom. The molecule has 0 saturated heterocycles. The molecule has 0 radical (unpaired) electrons. The van der Waals surface area contributed by atoms with E-state index in [0.717, 1.165) is 16.3 Å². The Kier molecular flexibility index (Phi) is 3.01. The van der Waals surface area contributed by atoms with Gasteiger partial charge >= 0.3 is 0 Å². The minimum absolute atomic E-state index is 0.168. The fraction of sp³-hybridized carbons (Fsp3) is 0.438. The average Bonchev–Trinajstić information content (AvgIpc) is 2.90. The van der Waals surface area contributed by atoms with Gasteiger partial charge in [0.2, 0.25) is 0 Å². The third kappa shape index (κ3) is 2.08. The lowest BCUT2D eigenvalue weighted by atomic mass is 10.0. The lowest BCUT2D eigenvalue weighted by Gasteiger charge is -2.25. The highest BCUT2D eigenvalue weighted by atomic mass is 32.1. The normalized spacial score (nSPS) is 20.6. The van der Waals surface area contributed by atoms with E-state index < -0.39 is 0 Å². The van der Waals surface area contributed by atoms with Gasteiger partial charge in [0.1, 0.15) is 10.6 Å². The molecule has 20 heavy (non-hydrogen) atoms. The molecule has 1 aromatic carbocycles. The molecule has 3 nitrogen and oxygen atoms in total. The van der Waals surface area contributed by atoms with Crippen molar-refractivity contribution in [2.75, 3.05) is 0 Å². The molecule has 106 valence electrons. The van der Waals surface area contributed by atoms with Gasteiger partial charge < -0.3 is 10.5 Å². The standard InChI is InChI=1S/C16H20N2OS/c1-15(2)12-13(16(3,4)19-15)20-14(18-12)11(17)10-8-6-5-7-9-10/h5-9,11H,17H2,1-4H3. The summed E-state index contributed by atoms with van der Waals surface area (Å²) in [6.07, 6.45) is 0. The summed E-state index contributed by atoms with van der Waals surface area (Å²) in [6, 6.07) is 9.94. The molecule has 4 heteroatoms. The van der Waals surface area contributed by atoms with Gasteiger partial charge in [0.25, 0.3) is 0 Å². The van der Waals surface area contributed by atoms with Crippen molar-refractivity contribution in [3.05, 3.63) is 51.5 Å². The van der Waals surface area contributed by atoms with E-state index >= 15 is 0 Å². The Morgan fingerprint density at radius 2 is 1.75 bits per heavy atom. The van der Waals surface area contributed by atoms with Crippen LogP contribution in [-0.4, -0.2) is 4.98 Å². The third-order valence-electron chi connectivity index (χ3n) is 3.70. The van der Waals surface area contributed by atoms with Crippen LogP contribution in [0.4, 0.5) is 0 Å². The van der Waals surface area contributed by atoms with E-state index in [0.29, 0.717) is 0 Å². The first-order valence-corrected chi connectivity index (χ1v) is 7.65. The van der Waals surface area contributed by atoms with Crippen molar-refractivity contribution < 1.29 is 4.74 Å². The molecule has 1 aliphatic rings. The number of hydrogen-bond acceptors (Lipinski definition) is 4. The van der Waals surface area contributed by atoms with Gasteiger partial charge in [0, 0.05) is 0 Å². The number of fused-ring (bicyclic) bond motifs is 1. The van der Waals surface area contributed by atoms with Crippen LogP contribution in [0.5, 0.6) is 0 Å². The van der Waals surface area contributed by atoms with E-state index in [4.69, 9.17) is 15.5 Å². The molecular formula is C16H20N2OS. The minimum atomic E-state index is -0.343. The summed E-state index contributed by atoms with van der Waals surface area (Å²) in [4.78, 5) is 5.98. The molecule has 0 amide bonds. The van der Waals surface area contributed by atoms with Crippen LogP contribution in [0, 0.1) is 0 Å². The predicted molar refractivity (Wildman–Crippen MR) is 81.7 cm³/mol. The van der Waals surface area contributed by atoms with Crippen molar-refractivity contribution in [3.63, 3.8) is 0 Å². The molecule has 2 aromatic rings. The summed E-state index contributed by atoms with van der Waals surface area (Å²) in [5, 5.41) is 0.964. The summed E-state index contributed by atoms with van der Waals surface area (Å²) in [6.45, 7) is 8.32. The smallest absolute Gasteiger partial charge is 0.115 e. The first-order chi connectivity index (χ1) is 9.31. The highest BCUT2D eigenvalue weighted by Gasteiger charge is 2.46. The van der Waals surface area contributed by atoms with E-state index in [1.165, 1.54) is 4.88 Å². The molecule has 0 spiro atoms. The molecule has 0 saturated carbocycles. The van der Waals surface area contributed by atoms with Crippen molar-refractivity contribution in [2.45, 2.75) is 44.9 Å². The number of thiazole rings is 1. The van der Waals surface area contributed by atoms with Crippen LogP contribution in [-0.2, 0) is 15.9 Å². The van der Waals surface area contributed by atoms with Crippen molar-refractivity contribution in [1.82, 2.24) is 4.98 Å². The topological polar surface area (TPSA) is 48.1 Å². The fourth-order valence-corrected chi connectivity index (χ4v) is 4.11. The Morgan fingerprint density at radius 3 is 2.35 bits per heavy atom. The average molecular weight is 288 g/mol. The lowest BCUT2D eigenvalue weighted by Crippen LogP contribution is -2.24. The van der Waals surface area contributed by atoms with Crippen LogP contribution < -0.4 is 5.73 Å². The first-order valence-electron chi connectivity index (χ1n) is 6.84. The van der Waals surface area contributed by atoms with Gasteiger partial charge in [-0.1, -0.05) is 30.3 Å². The summed E-state index contributed by atoms with van der Waals surface area (Å²) in [7, 11) is 0. The molecule has 0 bridgehead atoms. The molecule has 2 N–H and O–H groups in total. The molecule has 2 heterocycles. The Hall–Kier alpha value is -1.23. The van der Waals surface area contributed by atoms with E-state index in [9.17, 15) is 0 Å². The summed E-state index contributed by atoms with van der Waals surface area (Å²) < 4.78 is 6.09. The molecule has 1 aromatic heterocycles. The van der Waals surface area contributed by atoms with Crippen LogP contribution in [0.2, 0.25) is 0 Å². The zero-order chi connectivity index (χ0) is 14.5. The second-order valence-electron chi connectivity index (χ2n) is 6.24. The van der Waals surface area contributed by atoms with Gasteiger partial charge in [0.05, 0.1) is 22.2 Å². The highest BCUT2D eigenvalue weighted by molar-refractivity contribution is 7.12. The van der Waals surface area contributed by atoms with Gasteiger partial charge in [-0.3, -0.25) is 0 Å². The van der Waals surface area contributed by atoms with Crippen molar-refractivity contribution in [2.24, 2.45) is 5.73 Å². The summed E-state index contributed by atoms with van der Waals surface area (Å²) >= 11 is 1.67. The maximum absolute atomic E-state index is 6.36. The maximum atomic E-state index is 6.36. The second kappa shape index (κ2) is 4.38. The number of hydrogen-bond donors (Lipinski definition) is 1. The number of nitrogens with zero attached hydrogens (tertiary/aromatic N) is 1. The van der Waals surface area contributed by atoms with Crippen LogP contribution >= 0.6 is 11.3 Å². The molecule has 3 rings (SSSR count). The number of aromatic nitrogens is 1. The Balaban J connectivity index is 2.03. The maximum Gasteiger partial charge on any atom is 0.115 e. The van der Waals surface area contributed by atoms with Gasteiger partial charge in [-0.25, -0.2) is 4.98 Å². The van der Waals surface area contributed by atoms with Crippen LogP contribution in [0.25, 0.3) is 0 Å². The van der Waals surface area contributed by atoms with E-state index in [-0.39, 0.29) is 17.2 Å². The summed E-state index contributed by atoms with van der Waals surface area (Å²) in [5.41, 5.74) is 7.86. The minimum Gasteiger partial charge on any atom is -0.358 e. The molecule has 0 fully saturated rings. The van der Waals surface area contributed by atoms with E-state index in [2.05, 4.69) is 27.7 Å². The SMILES string of the molecule is CC1(C)OC(C)(C)c2sc(C(N)c3ccccc3)nc21. The monoisotopic (exact) mass is 288 g/mol. The van der Waals surface area contributed by atoms with Gasteiger partial charge in [-0.15, -0.1) is 11.3 Å². The number of ether oxygens (including phenoxy) is 1.